The molecular formula is C21H29N3O2. The van der Waals surface area contributed by atoms with Crippen molar-refractivity contribution in [3.05, 3.63) is 46.8 Å². The van der Waals surface area contributed by atoms with Gasteiger partial charge in [0.25, 0.3) is 0 Å². The van der Waals surface area contributed by atoms with Gasteiger partial charge in [0.05, 0.1) is 18.8 Å². The van der Waals surface area contributed by atoms with E-state index in [1.807, 2.05) is 17.9 Å². The fourth-order valence-corrected chi connectivity index (χ4v) is 3.56. The Labute approximate surface area is 155 Å². The van der Waals surface area contributed by atoms with Crippen molar-refractivity contribution in [2.45, 2.75) is 58.4 Å². The van der Waals surface area contributed by atoms with Gasteiger partial charge >= 0.3 is 0 Å². The van der Waals surface area contributed by atoms with Crippen molar-refractivity contribution in [3.8, 4) is 5.75 Å². The molecule has 140 valence electrons. The maximum Gasteiger partial charge on any atom is 0.220 e. The second-order valence-corrected chi connectivity index (χ2v) is 7.26. The van der Waals surface area contributed by atoms with Gasteiger partial charge in [0.15, 0.2) is 0 Å². The van der Waals surface area contributed by atoms with Crippen LogP contribution in [0, 0.1) is 13.8 Å². The van der Waals surface area contributed by atoms with Crippen LogP contribution in [0.15, 0.2) is 24.4 Å². The molecule has 1 heterocycles. The van der Waals surface area contributed by atoms with Gasteiger partial charge in [-0.05, 0) is 63.1 Å². The van der Waals surface area contributed by atoms with Crippen LogP contribution in [0.3, 0.4) is 0 Å². The number of benzene rings is 1. The van der Waals surface area contributed by atoms with Gasteiger partial charge in [-0.3, -0.25) is 9.48 Å². The molecule has 1 aromatic heterocycles. The molecule has 0 spiro atoms. The van der Waals surface area contributed by atoms with Crippen LogP contribution in [0.1, 0.15) is 60.5 Å². The molecule has 1 N–H and O–H groups in total. The Kier molecular flexibility index (Phi) is 5.96. The average Bonchev–Trinajstić information content (AvgIpc) is 3.00. The third kappa shape index (κ3) is 4.45. The molecule has 0 saturated heterocycles. The lowest BCUT2D eigenvalue weighted by Gasteiger charge is -2.23. The minimum atomic E-state index is 0.117. The monoisotopic (exact) mass is 355 g/mol. The van der Waals surface area contributed by atoms with Crippen LogP contribution < -0.4 is 10.1 Å². The topological polar surface area (TPSA) is 56.1 Å². The molecule has 5 nitrogen and oxygen atoms in total. The first-order valence-corrected chi connectivity index (χ1v) is 9.55. The van der Waals surface area contributed by atoms with Crippen molar-refractivity contribution in [1.82, 2.24) is 15.1 Å². The smallest absolute Gasteiger partial charge is 0.220 e. The lowest BCUT2D eigenvalue weighted by Crippen LogP contribution is -2.30. The number of rotatable bonds is 7. The Bertz CT molecular complexity index is 767. The summed E-state index contributed by atoms with van der Waals surface area (Å²) in [7, 11) is 1.97. The standard InChI is InChI=1S/C21H29N3O2/c1-15-10-11-16(2)20(13-15)26-12-5-4-9-21(25)23-18-7-6-8-19-17(18)14-22-24(19)3/h10-11,13-14,18H,4-9,12H2,1-3H3,(H,23,25). The number of ether oxygens (including phenoxy) is 1. The summed E-state index contributed by atoms with van der Waals surface area (Å²) in [6.07, 6.45) is 7.31. The number of amides is 1. The van der Waals surface area contributed by atoms with Crippen LogP contribution >= 0.6 is 0 Å². The molecule has 1 aliphatic rings. The third-order valence-electron chi connectivity index (χ3n) is 5.11. The maximum atomic E-state index is 12.3. The number of nitrogens with zero attached hydrogens (tertiary/aromatic N) is 2. The van der Waals surface area contributed by atoms with Gasteiger partial charge in [0.1, 0.15) is 5.75 Å². The number of carbonyl (C=O) groups excluding carboxylic acids is 1. The van der Waals surface area contributed by atoms with E-state index in [-0.39, 0.29) is 11.9 Å². The molecule has 0 bridgehead atoms. The van der Waals surface area contributed by atoms with Gasteiger partial charge < -0.3 is 10.1 Å². The Balaban J connectivity index is 1.39. The first-order valence-electron chi connectivity index (χ1n) is 9.55. The van der Waals surface area contributed by atoms with Crippen LogP contribution in [0.5, 0.6) is 5.75 Å². The number of hydrogen-bond acceptors (Lipinski definition) is 3. The number of unbranched alkanes of at least 4 members (excludes halogenated alkanes) is 1. The molecule has 1 amide bonds. The molecular weight excluding hydrogens is 326 g/mol. The molecule has 1 atom stereocenters. The van der Waals surface area contributed by atoms with Crippen LogP contribution in [-0.4, -0.2) is 22.3 Å². The van der Waals surface area contributed by atoms with E-state index in [9.17, 15) is 4.79 Å². The molecule has 2 aromatic rings. The van der Waals surface area contributed by atoms with E-state index in [0.717, 1.165) is 43.4 Å². The summed E-state index contributed by atoms with van der Waals surface area (Å²) in [4.78, 5) is 12.3. The molecule has 1 unspecified atom stereocenters. The summed E-state index contributed by atoms with van der Waals surface area (Å²) in [5, 5.41) is 7.51. The molecule has 3 rings (SSSR count). The fourth-order valence-electron chi connectivity index (χ4n) is 3.56. The van der Waals surface area contributed by atoms with Gasteiger partial charge in [-0.1, -0.05) is 12.1 Å². The van der Waals surface area contributed by atoms with E-state index in [2.05, 4.69) is 42.5 Å². The lowest BCUT2D eigenvalue weighted by atomic mass is 9.93. The quantitative estimate of drug-likeness (QED) is 0.769. The molecule has 1 aliphatic carbocycles. The fraction of sp³-hybridized carbons (Fsp3) is 0.524. The van der Waals surface area contributed by atoms with Crippen molar-refractivity contribution >= 4 is 5.91 Å². The zero-order valence-electron chi connectivity index (χ0n) is 16.0. The van der Waals surface area contributed by atoms with Gasteiger partial charge in [-0.15, -0.1) is 0 Å². The molecule has 1 aromatic carbocycles. The summed E-state index contributed by atoms with van der Waals surface area (Å²) >= 11 is 0. The number of carbonyl (C=O) groups is 1. The van der Waals surface area contributed by atoms with E-state index in [1.54, 1.807) is 0 Å². The number of aryl methyl sites for hydroxylation is 3. The van der Waals surface area contributed by atoms with Gasteiger partial charge in [0, 0.05) is 24.7 Å². The lowest BCUT2D eigenvalue weighted by molar-refractivity contribution is -0.122. The summed E-state index contributed by atoms with van der Waals surface area (Å²) in [6, 6.07) is 6.35. The largest absolute Gasteiger partial charge is 0.493 e. The van der Waals surface area contributed by atoms with E-state index < -0.39 is 0 Å². The van der Waals surface area contributed by atoms with Crippen molar-refractivity contribution < 1.29 is 9.53 Å². The highest BCUT2D eigenvalue weighted by molar-refractivity contribution is 5.76. The summed E-state index contributed by atoms with van der Waals surface area (Å²) in [5.41, 5.74) is 4.79. The van der Waals surface area contributed by atoms with E-state index in [4.69, 9.17) is 4.74 Å². The van der Waals surface area contributed by atoms with Gasteiger partial charge in [-0.25, -0.2) is 0 Å². The highest BCUT2D eigenvalue weighted by Gasteiger charge is 2.24. The van der Waals surface area contributed by atoms with Crippen molar-refractivity contribution in [1.29, 1.82) is 0 Å². The summed E-state index contributed by atoms with van der Waals surface area (Å²) in [5.74, 6) is 1.07. The summed E-state index contributed by atoms with van der Waals surface area (Å²) < 4.78 is 7.78. The predicted molar refractivity (Wildman–Crippen MR) is 102 cm³/mol. The number of aromatic nitrogens is 2. The first-order chi connectivity index (χ1) is 12.5. The average molecular weight is 355 g/mol. The molecule has 0 fully saturated rings. The second kappa shape index (κ2) is 8.39. The maximum absolute atomic E-state index is 12.3. The van der Waals surface area contributed by atoms with Gasteiger partial charge in [-0.2, -0.15) is 5.10 Å². The van der Waals surface area contributed by atoms with Crippen LogP contribution in [0.4, 0.5) is 0 Å². The van der Waals surface area contributed by atoms with Crippen LogP contribution in [-0.2, 0) is 18.3 Å². The molecule has 0 saturated carbocycles. The number of hydrogen-bond donors (Lipinski definition) is 1. The Morgan fingerprint density at radius 1 is 1.35 bits per heavy atom. The van der Waals surface area contributed by atoms with Crippen LogP contribution in [0.25, 0.3) is 0 Å². The van der Waals surface area contributed by atoms with E-state index >= 15 is 0 Å². The molecule has 0 aliphatic heterocycles. The summed E-state index contributed by atoms with van der Waals surface area (Å²) in [6.45, 7) is 4.77. The highest BCUT2D eigenvalue weighted by atomic mass is 16.5. The Morgan fingerprint density at radius 3 is 3.04 bits per heavy atom. The minimum Gasteiger partial charge on any atom is -0.493 e. The second-order valence-electron chi connectivity index (χ2n) is 7.26. The van der Waals surface area contributed by atoms with E-state index in [0.29, 0.717) is 13.0 Å². The first kappa shape index (κ1) is 18.5. The normalized spacial score (nSPS) is 16.2. The molecule has 26 heavy (non-hydrogen) atoms. The number of fused-ring (bicyclic) bond motifs is 1. The van der Waals surface area contributed by atoms with Crippen molar-refractivity contribution in [2.75, 3.05) is 6.61 Å². The predicted octanol–water partition coefficient (Wildman–Crippen LogP) is 3.78. The van der Waals surface area contributed by atoms with Gasteiger partial charge in [0.2, 0.25) is 5.91 Å². The minimum absolute atomic E-state index is 0.117. The Hall–Kier alpha value is -2.30. The Morgan fingerprint density at radius 2 is 2.19 bits per heavy atom. The van der Waals surface area contributed by atoms with Crippen LogP contribution in [0.2, 0.25) is 0 Å². The zero-order chi connectivity index (χ0) is 18.5. The SMILES string of the molecule is Cc1ccc(C)c(OCCCCC(=O)NC2CCCc3c2cnn3C)c1. The highest BCUT2D eigenvalue weighted by Crippen LogP contribution is 2.29. The number of nitrogens with one attached hydrogen (secondary N) is 1. The molecule has 5 heteroatoms. The van der Waals surface area contributed by atoms with Crippen molar-refractivity contribution in [2.24, 2.45) is 7.05 Å². The van der Waals surface area contributed by atoms with Crippen molar-refractivity contribution in [3.63, 3.8) is 0 Å². The zero-order valence-corrected chi connectivity index (χ0v) is 16.0. The third-order valence-corrected chi connectivity index (χ3v) is 5.11. The molecule has 0 radical (unpaired) electrons. The van der Waals surface area contributed by atoms with E-state index in [1.165, 1.54) is 16.8 Å².